The highest BCUT2D eigenvalue weighted by atomic mass is 35.5. The number of hydrogen-bond donors (Lipinski definition) is 3. The molecular weight excluding hydrogens is 561 g/mol. The summed E-state index contributed by atoms with van der Waals surface area (Å²) in [4.78, 5) is 18.3. The van der Waals surface area contributed by atoms with Gasteiger partial charge in [0.15, 0.2) is 0 Å². The third-order valence-corrected chi connectivity index (χ3v) is 6.28. The van der Waals surface area contributed by atoms with Gasteiger partial charge in [-0.1, -0.05) is 35.9 Å². The molecule has 3 N–H and O–H groups in total. The molecule has 4 rings (SSSR count). The molecule has 7 nitrogen and oxygen atoms in total. The van der Waals surface area contributed by atoms with Gasteiger partial charge in [-0.25, -0.2) is 0 Å². The number of amides is 1. The number of ether oxygens (including phenoxy) is 1. The van der Waals surface area contributed by atoms with Crippen LogP contribution in [-0.2, 0) is 6.42 Å². The van der Waals surface area contributed by atoms with E-state index in [2.05, 4.69) is 10.3 Å². The van der Waals surface area contributed by atoms with Crippen molar-refractivity contribution >= 4 is 53.2 Å². The lowest BCUT2D eigenvalue weighted by Crippen LogP contribution is -2.37. The number of halogens is 3. The first-order valence-electron chi connectivity index (χ1n) is 12.0. The molecule has 10 heteroatoms. The second kappa shape index (κ2) is 15.0. The summed E-state index contributed by atoms with van der Waals surface area (Å²) in [5.74, 6) is 1.16. The van der Waals surface area contributed by atoms with E-state index in [1.54, 1.807) is 56.7 Å². The smallest absolute Gasteiger partial charge is 0.253 e. The first-order chi connectivity index (χ1) is 17.8. The number of fused-ring (bicyclic) bond motifs is 1. The van der Waals surface area contributed by atoms with Crippen LogP contribution in [0.25, 0.3) is 10.9 Å². The lowest BCUT2D eigenvalue weighted by atomic mass is 10.0. The number of hydrogen-bond acceptors (Lipinski definition) is 6. The zero-order valence-corrected chi connectivity index (χ0v) is 24.0. The fourth-order valence-electron chi connectivity index (χ4n) is 4.02. The van der Waals surface area contributed by atoms with Gasteiger partial charge in [-0.05, 0) is 66.1 Å². The summed E-state index contributed by atoms with van der Waals surface area (Å²) in [6.07, 6.45) is 1.52. The predicted octanol–water partition coefficient (Wildman–Crippen LogP) is 5.45. The number of aliphatic hydroxyl groups excluding tert-OH is 2. The summed E-state index contributed by atoms with van der Waals surface area (Å²) >= 11 is 6.01. The Morgan fingerprint density at radius 2 is 1.79 bits per heavy atom. The molecule has 1 heterocycles. The first kappa shape index (κ1) is 32.3. The molecule has 0 saturated heterocycles. The number of aromatic nitrogens is 1. The first-order valence-corrected chi connectivity index (χ1v) is 12.4. The summed E-state index contributed by atoms with van der Waals surface area (Å²) in [6, 6.07) is 21.6. The third-order valence-electron chi connectivity index (χ3n) is 6.04. The molecule has 39 heavy (non-hydrogen) atoms. The lowest BCUT2D eigenvalue weighted by Gasteiger charge is -2.19. The summed E-state index contributed by atoms with van der Waals surface area (Å²) in [7, 11) is 3.43. The number of aliphatic hydroxyl groups is 2. The van der Waals surface area contributed by atoms with Gasteiger partial charge in [0.2, 0.25) is 0 Å². The minimum Gasteiger partial charge on any atom is -0.457 e. The fourth-order valence-corrected chi connectivity index (χ4v) is 4.22. The fraction of sp³-hybridized carbons (Fsp3) is 0.241. The number of benzene rings is 3. The molecule has 3 aromatic carbocycles. The SMILES string of the molecule is CN(C)C(=O)c1ccc2nccc(Oc3ccc(C[C@@H](CO)NC[C@@H](O)c4cccc(Cl)c4)cc3)c2c1.Cl.Cl. The van der Waals surface area contributed by atoms with Crippen molar-refractivity contribution in [3.8, 4) is 11.5 Å². The van der Waals surface area contributed by atoms with E-state index >= 15 is 0 Å². The Kier molecular flexibility index (Phi) is 12.4. The molecule has 0 bridgehead atoms. The van der Waals surface area contributed by atoms with E-state index in [0.29, 0.717) is 35.1 Å². The summed E-state index contributed by atoms with van der Waals surface area (Å²) in [6.45, 7) is 0.220. The second-order valence-corrected chi connectivity index (χ2v) is 9.49. The van der Waals surface area contributed by atoms with Crippen molar-refractivity contribution in [1.82, 2.24) is 15.2 Å². The Hall–Kier alpha value is -2.91. The van der Waals surface area contributed by atoms with Crippen LogP contribution in [0.2, 0.25) is 5.02 Å². The minimum absolute atomic E-state index is 0. The van der Waals surface area contributed by atoms with Crippen LogP contribution < -0.4 is 10.1 Å². The molecule has 1 amide bonds. The van der Waals surface area contributed by atoms with Crippen molar-refractivity contribution in [2.75, 3.05) is 27.2 Å². The van der Waals surface area contributed by atoms with Gasteiger partial charge in [-0.15, -0.1) is 24.8 Å². The van der Waals surface area contributed by atoms with Crippen molar-refractivity contribution in [2.24, 2.45) is 0 Å². The summed E-state index contributed by atoms with van der Waals surface area (Å²) in [5, 5.41) is 24.8. The monoisotopic (exact) mass is 591 g/mol. The van der Waals surface area contributed by atoms with Crippen LogP contribution >= 0.6 is 36.4 Å². The molecule has 0 aliphatic heterocycles. The van der Waals surface area contributed by atoms with Crippen LogP contribution in [0, 0.1) is 0 Å². The van der Waals surface area contributed by atoms with Crippen molar-refractivity contribution in [1.29, 1.82) is 0 Å². The van der Waals surface area contributed by atoms with E-state index in [9.17, 15) is 15.0 Å². The van der Waals surface area contributed by atoms with Gasteiger partial charge in [0, 0.05) is 48.9 Å². The topological polar surface area (TPSA) is 94.9 Å². The van der Waals surface area contributed by atoms with Crippen molar-refractivity contribution in [2.45, 2.75) is 18.6 Å². The normalized spacial score (nSPS) is 12.1. The molecule has 0 radical (unpaired) electrons. The highest BCUT2D eigenvalue weighted by Crippen LogP contribution is 2.30. The molecule has 0 fully saturated rings. The van der Waals surface area contributed by atoms with Gasteiger partial charge in [-0.3, -0.25) is 9.78 Å². The van der Waals surface area contributed by atoms with Crippen molar-refractivity contribution < 1.29 is 19.7 Å². The Morgan fingerprint density at radius 3 is 2.46 bits per heavy atom. The molecule has 208 valence electrons. The van der Waals surface area contributed by atoms with E-state index in [4.69, 9.17) is 16.3 Å². The van der Waals surface area contributed by atoms with Gasteiger partial charge >= 0.3 is 0 Å². The Bertz CT molecular complexity index is 1370. The average Bonchev–Trinajstić information content (AvgIpc) is 2.91. The number of carbonyl (C=O) groups excluding carboxylic acids is 1. The van der Waals surface area contributed by atoms with E-state index < -0.39 is 6.10 Å². The Morgan fingerprint density at radius 1 is 1.05 bits per heavy atom. The number of carbonyl (C=O) groups is 1. The van der Waals surface area contributed by atoms with Crippen LogP contribution in [0.3, 0.4) is 0 Å². The van der Waals surface area contributed by atoms with Gasteiger partial charge in [-0.2, -0.15) is 0 Å². The quantitative estimate of drug-likeness (QED) is 0.227. The standard InChI is InChI=1S/C29H30ClN3O4.2ClH/c1-33(2)29(36)21-8-11-26-25(16-21)28(12-13-31-26)37-24-9-6-19(7-10-24)14-23(18-34)32-17-27(35)20-4-3-5-22(30)15-20;;/h3-13,15-16,23,27,32,34-35H,14,17-18H2,1-2H3;2*1H/t23-,27+;;/m0../s1. The molecule has 1 aromatic heterocycles. The molecule has 0 aliphatic carbocycles. The van der Waals surface area contributed by atoms with E-state index in [1.807, 2.05) is 36.4 Å². The van der Waals surface area contributed by atoms with Gasteiger partial charge in [0.25, 0.3) is 5.91 Å². The van der Waals surface area contributed by atoms with E-state index in [1.165, 1.54) is 4.90 Å². The van der Waals surface area contributed by atoms with Crippen LogP contribution in [0.15, 0.2) is 79.0 Å². The van der Waals surface area contributed by atoms with Crippen LogP contribution in [0.1, 0.15) is 27.6 Å². The van der Waals surface area contributed by atoms with Crippen molar-refractivity contribution in [3.63, 3.8) is 0 Å². The maximum Gasteiger partial charge on any atom is 0.253 e. The predicted molar refractivity (Wildman–Crippen MR) is 160 cm³/mol. The molecule has 0 unspecified atom stereocenters. The molecular formula is C29H32Cl3N3O4. The maximum atomic E-state index is 12.4. The second-order valence-electron chi connectivity index (χ2n) is 9.05. The number of nitrogens with one attached hydrogen (secondary N) is 1. The zero-order chi connectivity index (χ0) is 26.4. The van der Waals surface area contributed by atoms with Gasteiger partial charge in [0.1, 0.15) is 11.5 Å². The zero-order valence-electron chi connectivity index (χ0n) is 21.6. The van der Waals surface area contributed by atoms with Gasteiger partial charge in [0.05, 0.1) is 18.2 Å². The van der Waals surface area contributed by atoms with Crippen molar-refractivity contribution in [3.05, 3.63) is 101 Å². The van der Waals surface area contributed by atoms with Crippen LogP contribution in [0.4, 0.5) is 0 Å². The third kappa shape index (κ3) is 8.54. The highest BCUT2D eigenvalue weighted by Gasteiger charge is 2.14. The van der Waals surface area contributed by atoms with Crippen LogP contribution in [-0.4, -0.2) is 59.3 Å². The van der Waals surface area contributed by atoms with E-state index in [-0.39, 0.29) is 43.4 Å². The number of rotatable bonds is 10. The molecule has 0 aliphatic rings. The highest BCUT2D eigenvalue weighted by molar-refractivity contribution is 6.30. The maximum absolute atomic E-state index is 12.4. The largest absolute Gasteiger partial charge is 0.457 e. The summed E-state index contributed by atoms with van der Waals surface area (Å²) < 4.78 is 6.14. The minimum atomic E-state index is -0.729. The van der Waals surface area contributed by atoms with Crippen LogP contribution in [0.5, 0.6) is 11.5 Å². The molecule has 0 spiro atoms. The number of pyridine rings is 1. The molecule has 4 aromatic rings. The Labute approximate surface area is 245 Å². The molecule has 2 atom stereocenters. The Balaban J connectivity index is 0.00000267. The lowest BCUT2D eigenvalue weighted by molar-refractivity contribution is 0.0827. The number of nitrogens with zero attached hydrogens (tertiary/aromatic N) is 2. The average molecular weight is 593 g/mol. The van der Waals surface area contributed by atoms with Gasteiger partial charge < -0.3 is 25.2 Å². The van der Waals surface area contributed by atoms with E-state index in [0.717, 1.165) is 22.0 Å². The summed E-state index contributed by atoms with van der Waals surface area (Å²) in [5.41, 5.74) is 3.03. The molecule has 0 saturated carbocycles.